The Balaban J connectivity index is 2.62. The van der Waals surface area contributed by atoms with E-state index in [1.807, 2.05) is 6.92 Å². The van der Waals surface area contributed by atoms with Crippen LogP contribution in [0.1, 0.15) is 28.7 Å². The summed E-state index contributed by atoms with van der Waals surface area (Å²) in [5.41, 5.74) is 2.14. The average molecular weight is 299 g/mol. The lowest BCUT2D eigenvalue weighted by Gasteiger charge is -2.11. The van der Waals surface area contributed by atoms with E-state index in [2.05, 4.69) is 5.10 Å². The number of hydrogen-bond acceptors (Lipinski definition) is 2. The highest BCUT2D eigenvalue weighted by Gasteiger charge is 2.16. The maximum absolute atomic E-state index is 10.9. The molecule has 0 fully saturated rings. The Morgan fingerprint density at radius 1 is 1.42 bits per heavy atom. The van der Waals surface area contributed by atoms with Gasteiger partial charge in [0.15, 0.2) is 5.69 Å². The van der Waals surface area contributed by atoms with Gasteiger partial charge in [0.2, 0.25) is 0 Å². The first kappa shape index (κ1) is 13.9. The lowest BCUT2D eigenvalue weighted by Crippen LogP contribution is -2.04. The molecular formula is C13H12Cl2N2O2. The third-order valence-electron chi connectivity index (χ3n) is 2.85. The Labute approximate surface area is 120 Å². The van der Waals surface area contributed by atoms with Crippen molar-refractivity contribution in [2.45, 2.75) is 20.3 Å². The minimum Gasteiger partial charge on any atom is -0.476 e. The van der Waals surface area contributed by atoms with E-state index in [0.717, 1.165) is 5.56 Å². The highest BCUT2D eigenvalue weighted by Crippen LogP contribution is 2.31. The van der Waals surface area contributed by atoms with Crippen molar-refractivity contribution in [3.63, 3.8) is 0 Å². The zero-order valence-corrected chi connectivity index (χ0v) is 12.0. The summed E-state index contributed by atoms with van der Waals surface area (Å²) in [6.07, 6.45) is 0.692. The first-order valence-corrected chi connectivity index (χ1v) is 6.48. The molecule has 0 spiro atoms. The van der Waals surface area contributed by atoms with Gasteiger partial charge in [-0.1, -0.05) is 30.1 Å². The molecule has 1 aromatic carbocycles. The molecule has 0 saturated heterocycles. The van der Waals surface area contributed by atoms with Crippen LogP contribution in [-0.2, 0) is 6.42 Å². The van der Waals surface area contributed by atoms with Gasteiger partial charge in [0.1, 0.15) is 0 Å². The van der Waals surface area contributed by atoms with Gasteiger partial charge >= 0.3 is 5.97 Å². The number of benzene rings is 1. The van der Waals surface area contributed by atoms with Crippen LogP contribution in [0.4, 0.5) is 0 Å². The maximum atomic E-state index is 10.9. The van der Waals surface area contributed by atoms with E-state index in [-0.39, 0.29) is 5.69 Å². The molecule has 2 rings (SSSR count). The fourth-order valence-corrected chi connectivity index (χ4v) is 2.61. The summed E-state index contributed by atoms with van der Waals surface area (Å²) < 4.78 is 1.52. The van der Waals surface area contributed by atoms with E-state index in [0.29, 0.717) is 27.8 Å². The van der Waals surface area contributed by atoms with Gasteiger partial charge in [-0.2, -0.15) is 5.10 Å². The molecule has 1 N–H and O–H groups in total. The van der Waals surface area contributed by atoms with Crippen LogP contribution in [0.3, 0.4) is 0 Å². The minimum atomic E-state index is -1.07. The van der Waals surface area contributed by atoms with Gasteiger partial charge in [0, 0.05) is 10.7 Å². The maximum Gasteiger partial charge on any atom is 0.356 e. The molecule has 1 heterocycles. The van der Waals surface area contributed by atoms with Crippen molar-refractivity contribution >= 4 is 29.2 Å². The molecule has 1 aromatic heterocycles. The number of aryl methyl sites for hydroxylation is 1. The second-order valence-electron chi connectivity index (χ2n) is 4.10. The third-order valence-corrected chi connectivity index (χ3v) is 3.63. The first-order valence-electron chi connectivity index (χ1n) is 5.73. The van der Waals surface area contributed by atoms with Gasteiger partial charge in [-0.25, -0.2) is 9.48 Å². The highest BCUT2D eigenvalue weighted by molar-refractivity contribution is 6.37. The molecule has 0 unspecified atom stereocenters. The number of halogens is 2. The summed E-state index contributed by atoms with van der Waals surface area (Å²) in [5.74, 6) is -1.07. The molecule has 0 radical (unpaired) electrons. The molecular weight excluding hydrogens is 287 g/mol. The minimum absolute atomic E-state index is 0.0124. The smallest absolute Gasteiger partial charge is 0.356 e. The molecule has 0 bridgehead atoms. The van der Waals surface area contributed by atoms with Gasteiger partial charge in [0.25, 0.3) is 0 Å². The van der Waals surface area contributed by atoms with Gasteiger partial charge in [-0.15, -0.1) is 0 Å². The molecule has 4 nitrogen and oxygen atoms in total. The van der Waals surface area contributed by atoms with Crippen LogP contribution in [0.5, 0.6) is 0 Å². The second kappa shape index (κ2) is 5.23. The van der Waals surface area contributed by atoms with E-state index in [1.54, 1.807) is 19.1 Å². The molecule has 2 aromatic rings. The Morgan fingerprint density at radius 3 is 2.63 bits per heavy atom. The van der Waals surface area contributed by atoms with E-state index < -0.39 is 5.97 Å². The van der Waals surface area contributed by atoms with Crippen LogP contribution in [-0.4, -0.2) is 20.9 Å². The SMILES string of the molecule is CCc1c(Cl)ccc(-n2nc(C(=O)O)cc2C)c1Cl. The molecule has 0 amide bonds. The quantitative estimate of drug-likeness (QED) is 0.939. The largest absolute Gasteiger partial charge is 0.476 e. The normalized spacial score (nSPS) is 10.7. The predicted octanol–water partition coefficient (Wildman–Crippen LogP) is 3.75. The number of hydrogen-bond donors (Lipinski definition) is 1. The summed E-state index contributed by atoms with van der Waals surface area (Å²) in [4.78, 5) is 10.9. The standard InChI is InChI=1S/C13H12Cl2N2O2/c1-3-8-9(14)4-5-11(12(8)15)17-7(2)6-10(16-17)13(18)19/h4-6H,3H2,1-2H3,(H,18,19). The molecule has 100 valence electrons. The van der Waals surface area contributed by atoms with Crippen LogP contribution in [0.25, 0.3) is 5.69 Å². The number of carboxylic acid groups (broad SMARTS) is 1. The van der Waals surface area contributed by atoms with E-state index in [1.165, 1.54) is 10.7 Å². The number of carbonyl (C=O) groups is 1. The van der Waals surface area contributed by atoms with Crippen molar-refractivity contribution in [1.29, 1.82) is 0 Å². The fourth-order valence-electron chi connectivity index (χ4n) is 1.90. The molecule has 0 aliphatic rings. The van der Waals surface area contributed by atoms with E-state index in [9.17, 15) is 4.79 Å². The molecule has 0 saturated carbocycles. The molecule has 0 aliphatic heterocycles. The van der Waals surface area contributed by atoms with Crippen molar-refractivity contribution in [3.05, 3.63) is 45.2 Å². The number of aromatic carboxylic acids is 1. The monoisotopic (exact) mass is 298 g/mol. The predicted molar refractivity (Wildman–Crippen MR) is 74.7 cm³/mol. The molecule has 0 aliphatic carbocycles. The Kier molecular flexibility index (Phi) is 3.83. The average Bonchev–Trinajstić information content (AvgIpc) is 2.72. The van der Waals surface area contributed by atoms with Crippen molar-refractivity contribution in [3.8, 4) is 5.69 Å². The topological polar surface area (TPSA) is 55.1 Å². The van der Waals surface area contributed by atoms with Crippen molar-refractivity contribution < 1.29 is 9.90 Å². The number of carboxylic acids is 1. The molecule has 19 heavy (non-hydrogen) atoms. The third kappa shape index (κ3) is 2.46. The van der Waals surface area contributed by atoms with E-state index >= 15 is 0 Å². The van der Waals surface area contributed by atoms with Gasteiger partial charge in [-0.3, -0.25) is 0 Å². The van der Waals surface area contributed by atoms with Crippen molar-refractivity contribution in [2.24, 2.45) is 0 Å². The number of rotatable bonds is 3. The molecule has 6 heteroatoms. The van der Waals surface area contributed by atoms with Crippen LogP contribution in [0.15, 0.2) is 18.2 Å². The van der Waals surface area contributed by atoms with Gasteiger partial charge < -0.3 is 5.11 Å². The Bertz CT molecular complexity index is 650. The second-order valence-corrected chi connectivity index (χ2v) is 4.89. The number of nitrogens with zero attached hydrogens (tertiary/aromatic N) is 2. The van der Waals surface area contributed by atoms with Gasteiger partial charge in [0.05, 0.1) is 10.7 Å². The zero-order chi connectivity index (χ0) is 14.2. The van der Waals surface area contributed by atoms with Gasteiger partial charge in [-0.05, 0) is 37.1 Å². The zero-order valence-electron chi connectivity index (χ0n) is 10.4. The van der Waals surface area contributed by atoms with Crippen molar-refractivity contribution in [2.75, 3.05) is 0 Å². The Hall–Kier alpha value is -1.52. The van der Waals surface area contributed by atoms with Crippen LogP contribution < -0.4 is 0 Å². The van der Waals surface area contributed by atoms with Crippen LogP contribution in [0, 0.1) is 6.92 Å². The number of aromatic nitrogens is 2. The first-order chi connectivity index (χ1) is 8.95. The summed E-state index contributed by atoms with van der Waals surface area (Å²) >= 11 is 12.4. The lowest BCUT2D eigenvalue weighted by atomic mass is 10.1. The lowest BCUT2D eigenvalue weighted by molar-refractivity contribution is 0.0690. The Morgan fingerprint density at radius 2 is 2.11 bits per heavy atom. The highest BCUT2D eigenvalue weighted by atomic mass is 35.5. The van der Waals surface area contributed by atoms with Crippen LogP contribution in [0.2, 0.25) is 10.0 Å². The molecule has 0 atom stereocenters. The summed E-state index contributed by atoms with van der Waals surface area (Å²) in [6, 6.07) is 4.97. The fraction of sp³-hybridized carbons (Fsp3) is 0.231. The van der Waals surface area contributed by atoms with E-state index in [4.69, 9.17) is 28.3 Å². The summed E-state index contributed by atoms with van der Waals surface area (Å²) in [7, 11) is 0. The summed E-state index contributed by atoms with van der Waals surface area (Å²) in [6.45, 7) is 3.73. The van der Waals surface area contributed by atoms with Crippen LogP contribution >= 0.6 is 23.2 Å². The van der Waals surface area contributed by atoms with Crippen molar-refractivity contribution in [1.82, 2.24) is 9.78 Å². The summed E-state index contributed by atoms with van der Waals surface area (Å²) in [5, 5.41) is 14.1.